The highest BCUT2D eigenvalue weighted by Gasteiger charge is 2.33. The number of rotatable bonds is 7. The second-order valence-corrected chi connectivity index (χ2v) is 9.07. The first-order chi connectivity index (χ1) is 17.4. The fourth-order valence-electron chi connectivity index (χ4n) is 4.72. The maximum Gasteiger partial charge on any atom is 0.255 e. The Balaban J connectivity index is 1.48. The molecule has 2 heterocycles. The van der Waals surface area contributed by atoms with Crippen molar-refractivity contribution in [1.82, 2.24) is 14.8 Å². The van der Waals surface area contributed by atoms with Crippen molar-refractivity contribution in [2.45, 2.75) is 25.3 Å². The minimum atomic E-state index is -0.636. The van der Waals surface area contributed by atoms with Crippen LogP contribution in [-0.2, 0) is 11.2 Å². The summed E-state index contributed by atoms with van der Waals surface area (Å²) in [5.41, 5.74) is 1.76. The number of likely N-dealkylation sites (tertiary alicyclic amines) is 1. The third-order valence-electron chi connectivity index (χ3n) is 6.78. The number of aromatic nitrogens is 1. The van der Waals surface area contributed by atoms with Crippen molar-refractivity contribution in [1.29, 1.82) is 0 Å². The SMILES string of the molecule is CN(C(=O)c1cccnc1)[C@@H](Cc1ccc(F)cc1F)C1CCN(C(=O)/C=C/c2ccccc2)CC1. The number of pyridine rings is 1. The Morgan fingerprint density at radius 1 is 1.08 bits per heavy atom. The molecule has 1 saturated heterocycles. The van der Waals surface area contributed by atoms with Crippen molar-refractivity contribution in [2.24, 2.45) is 5.92 Å². The van der Waals surface area contributed by atoms with Crippen molar-refractivity contribution in [3.8, 4) is 0 Å². The average Bonchev–Trinajstić information content (AvgIpc) is 2.92. The number of hydrogen-bond acceptors (Lipinski definition) is 3. The fourth-order valence-corrected chi connectivity index (χ4v) is 4.72. The molecule has 3 aromatic rings. The van der Waals surface area contributed by atoms with E-state index in [0.29, 0.717) is 37.1 Å². The number of carbonyl (C=O) groups is 2. The van der Waals surface area contributed by atoms with Gasteiger partial charge in [-0.2, -0.15) is 0 Å². The van der Waals surface area contributed by atoms with Crippen LogP contribution in [0.2, 0.25) is 0 Å². The minimum absolute atomic E-state index is 0.0437. The van der Waals surface area contributed by atoms with Crippen LogP contribution in [0, 0.1) is 17.6 Å². The van der Waals surface area contributed by atoms with Gasteiger partial charge in [0.2, 0.25) is 5.91 Å². The van der Waals surface area contributed by atoms with E-state index < -0.39 is 11.6 Å². The Morgan fingerprint density at radius 2 is 1.83 bits per heavy atom. The van der Waals surface area contributed by atoms with Crippen molar-refractivity contribution in [2.75, 3.05) is 20.1 Å². The predicted octanol–water partition coefficient (Wildman–Crippen LogP) is 5.00. The largest absolute Gasteiger partial charge is 0.339 e. The Hall–Kier alpha value is -3.87. The maximum atomic E-state index is 14.5. The van der Waals surface area contributed by atoms with Gasteiger partial charge in [0, 0.05) is 50.7 Å². The van der Waals surface area contributed by atoms with E-state index >= 15 is 0 Å². The molecule has 5 nitrogen and oxygen atoms in total. The zero-order valence-corrected chi connectivity index (χ0v) is 20.2. The molecule has 1 fully saturated rings. The lowest BCUT2D eigenvalue weighted by molar-refractivity contribution is -0.127. The minimum Gasteiger partial charge on any atom is -0.339 e. The van der Waals surface area contributed by atoms with Gasteiger partial charge in [0.25, 0.3) is 5.91 Å². The molecule has 1 aliphatic heterocycles. The zero-order valence-electron chi connectivity index (χ0n) is 20.2. The van der Waals surface area contributed by atoms with Crippen LogP contribution in [0.4, 0.5) is 8.78 Å². The smallest absolute Gasteiger partial charge is 0.255 e. The normalized spacial score (nSPS) is 15.1. The molecule has 1 atom stereocenters. The van der Waals surface area contributed by atoms with Crippen LogP contribution in [0.25, 0.3) is 6.08 Å². The summed E-state index contributed by atoms with van der Waals surface area (Å²) in [6.07, 6.45) is 8.08. The number of amides is 2. The molecule has 36 heavy (non-hydrogen) atoms. The lowest BCUT2D eigenvalue weighted by Crippen LogP contribution is -2.48. The van der Waals surface area contributed by atoms with Gasteiger partial charge in [-0.05, 0) is 60.6 Å². The molecule has 7 heteroatoms. The molecule has 0 spiro atoms. The number of halogens is 2. The second-order valence-electron chi connectivity index (χ2n) is 9.07. The summed E-state index contributed by atoms with van der Waals surface area (Å²) in [5.74, 6) is -1.48. The number of nitrogens with zero attached hydrogens (tertiary/aromatic N) is 3. The molecule has 0 N–H and O–H groups in total. The van der Waals surface area contributed by atoms with Crippen molar-refractivity contribution >= 4 is 17.9 Å². The molecule has 1 aliphatic rings. The van der Waals surface area contributed by atoms with Gasteiger partial charge in [0.15, 0.2) is 0 Å². The van der Waals surface area contributed by atoms with E-state index in [1.54, 1.807) is 47.3 Å². The van der Waals surface area contributed by atoms with E-state index in [-0.39, 0.29) is 30.2 Å². The summed E-state index contributed by atoms with van der Waals surface area (Å²) in [6, 6.07) is 16.2. The fraction of sp³-hybridized carbons (Fsp3) is 0.276. The molecular weight excluding hydrogens is 460 g/mol. The molecule has 4 rings (SSSR count). The quantitative estimate of drug-likeness (QED) is 0.439. The molecule has 2 aromatic carbocycles. The van der Waals surface area contributed by atoms with Gasteiger partial charge < -0.3 is 9.80 Å². The van der Waals surface area contributed by atoms with Gasteiger partial charge in [0.05, 0.1) is 5.56 Å². The highest BCUT2D eigenvalue weighted by Crippen LogP contribution is 2.28. The van der Waals surface area contributed by atoms with Gasteiger partial charge in [-0.25, -0.2) is 8.78 Å². The number of carbonyl (C=O) groups excluding carboxylic acids is 2. The summed E-state index contributed by atoms with van der Waals surface area (Å²) in [7, 11) is 1.71. The molecule has 0 saturated carbocycles. The molecule has 1 aromatic heterocycles. The third kappa shape index (κ3) is 6.22. The number of hydrogen-bond donors (Lipinski definition) is 0. The predicted molar refractivity (Wildman–Crippen MR) is 135 cm³/mol. The number of piperidine rings is 1. The second kappa shape index (κ2) is 11.7. The molecule has 0 bridgehead atoms. The van der Waals surface area contributed by atoms with E-state index in [1.807, 2.05) is 30.3 Å². The van der Waals surface area contributed by atoms with Crippen LogP contribution in [-0.4, -0.2) is 52.8 Å². The molecule has 0 radical (unpaired) electrons. The van der Waals surface area contributed by atoms with Gasteiger partial charge in [-0.1, -0.05) is 36.4 Å². The van der Waals surface area contributed by atoms with Crippen molar-refractivity contribution in [3.63, 3.8) is 0 Å². The first-order valence-corrected chi connectivity index (χ1v) is 12.1. The number of benzene rings is 2. The van der Waals surface area contributed by atoms with E-state index in [4.69, 9.17) is 0 Å². The maximum absolute atomic E-state index is 14.5. The molecule has 0 aliphatic carbocycles. The first kappa shape index (κ1) is 25.2. The van der Waals surface area contributed by atoms with Gasteiger partial charge in [0.1, 0.15) is 11.6 Å². The van der Waals surface area contributed by atoms with E-state index in [2.05, 4.69) is 4.98 Å². The Bertz CT molecular complexity index is 1210. The van der Waals surface area contributed by atoms with Gasteiger partial charge >= 0.3 is 0 Å². The number of likely N-dealkylation sites (N-methyl/N-ethyl adjacent to an activating group) is 1. The molecule has 2 amide bonds. The van der Waals surface area contributed by atoms with Gasteiger partial charge in [-0.3, -0.25) is 14.6 Å². The monoisotopic (exact) mass is 489 g/mol. The van der Waals surface area contributed by atoms with Crippen LogP contribution in [0.5, 0.6) is 0 Å². The highest BCUT2D eigenvalue weighted by atomic mass is 19.1. The average molecular weight is 490 g/mol. The summed E-state index contributed by atoms with van der Waals surface area (Å²) in [4.78, 5) is 33.4. The molecular formula is C29H29F2N3O2. The van der Waals surface area contributed by atoms with Crippen LogP contribution in [0.3, 0.4) is 0 Å². The van der Waals surface area contributed by atoms with Gasteiger partial charge in [-0.15, -0.1) is 0 Å². The molecule has 0 unspecified atom stereocenters. The topological polar surface area (TPSA) is 53.5 Å². The van der Waals surface area contributed by atoms with Crippen molar-refractivity contribution in [3.05, 3.63) is 107 Å². The summed E-state index contributed by atoms with van der Waals surface area (Å²) in [5, 5.41) is 0. The Labute approximate surface area is 210 Å². The van der Waals surface area contributed by atoms with E-state index in [0.717, 1.165) is 11.6 Å². The van der Waals surface area contributed by atoms with E-state index in [9.17, 15) is 18.4 Å². The highest BCUT2D eigenvalue weighted by molar-refractivity contribution is 5.94. The Morgan fingerprint density at radius 3 is 2.50 bits per heavy atom. The summed E-state index contributed by atoms with van der Waals surface area (Å²) < 4.78 is 28.0. The van der Waals surface area contributed by atoms with Crippen LogP contribution in [0.15, 0.2) is 79.1 Å². The standard InChI is InChI=1S/C29H29F2N3O2/c1-33(29(36)24-8-5-15-32-20-24)27(18-23-10-11-25(30)19-26(23)31)22-13-16-34(17-14-22)28(35)12-9-21-6-3-2-4-7-21/h2-12,15,19-20,22,27H,13-14,16-18H2,1H3/b12-9+/t27-/m0/s1. The summed E-state index contributed by atoms with van der Waals surface area (Å²) >= 11 is 0. The van der Waals surface area contributed by atoms with E-state index in [1.165, 1.54) is 18.3 Å². The summed E-state index contributed by atoms with van der Waals surface area (Å²) in [6.45, 7) is 1.08. The van der Waals surface area contributed by atoms with Crippen LogP contribution < -0.4 is 0 Å². The zero-order chi connectivity index (χ0) is 25.5. The van der Waals surface area contributed by atoms with Crippen molar-refractivity contribution < 1.29 is 18.4 Å². The third-order valence-corrected chi connectivity index (χ3v) is 6.78. The Kier molecular flexibility index (Phi) is 8.21. The molecule has 186 valence electrons. The van der Waals surface area contributed by atoms with Crippen LogP contribution in [0.1, 0.15) is 34.3 Å². The lowest BCUT2D eigenvalue weighted by Gasteiger charge is -2.40. The van der Waals surface area contributed by atoms with Crippen LogP contribution >= 0.6 is 0 Å². The first-order valence-electron chi connectivity index (χ1n) is 12.1. The lowest BCUT2D eigenvalue weighted by atomic mass is 9.84.